The molecule has 0 saturated carbocycles. The number of hydrogen-bond donors (Lipinski definition) is 3. The summed E-state index contributed by atoms with van der Waals surface area (Å²) in [6.45, 7) is 4.74. The molecule has 16 heavy (non-hydrogen) atoms. The first-order chi connectivity index (χ1) is 7.69. The van der Waals surface area contributed by atoms with Gasteiger partial charge in [0.2, 0.25) is 0 Å². The smallest absolute Gasteiger partial charge is 0.251 e. The zero-order valence-electron chi connectivity index (χ0n) is 9.84. The summed E-state index contributed by atoms with van der Waals surface area (Å²) in [4.78, 5) is 11.7. The number of nitrogens with one attached hydrogen (secondary N) is 2. The largest absolute Gasteiger partial charge is 0.352 e. The molecule has 0 fully saturated rings. The third-order valence-electron chi connectivity index (χ3n) is 2.46. The summed E-state index contributed by atoms with van der Waals surface area (Å²) in [6.07, 6.45) is 2.09. The molecular weight excluding hydrogens is 202 g/mol. The Morgan fingerprint density at radius 3 is 2.75 bits per heavy atom. The van der Waals surface area contributed by atoms with Gasteiger partial charge in [-0.3, -0.25) is 10.6 Å². The lowest BCUT2D eigenvalue weighted by Gasteiger charge is -2.08. The van der Waals surface area contributed by atoms with Crippen LogP contribution in [0.15, 0.2) is 18.2 Å². The van der Waals surface area contributed by atoms with Crippen LogP contribution in [0.25, 0.3) is 0 Å². The molecule has 4 nitrogen and oxygen atoms in total. The highest BCUT2D eigenvalue weighted by Crippen LogP contribution is 2.14. The summed E-state index contributed by atoms with van der Waals surface area (Å²) in [5.41, 5.74) is 5.06. The Bertz CT molecular complexity index is 363. The molecule has 4 heteroatoms. The van der Waals surface area contributed by atoms with Gasteiger partial charge in [0.05, 0.1) is 5.69 Å². The maximum atomic E-state index is 11.7. The molecule has 0 unspecified atom stereocenters. The Morgan fingerprint density at radius 2 is 2.19 bits per heavy atom. The zero-order chi connectivity index (χ0) is 12.0. The van der Waals surface area contributed by atoms with E-state index in [0.29, 0.717) is 5.56 Å². The van der Waals surface area contributed by atoms with Gasteiger partial charge in [-0.25, -0.2) is 0 Å². The number of nitrogen functional groups attached to an aromatic ring is 1. The second-order valence-corrected chi connectivity index (χ2v) is 3.78. The molecule has 0 atom stereocenters. The summed E-state index contributed by atoms with van der Waals surface area (Å²) < 4.78 is 0. The Balaban J connectivity index is 2.66. The normalized spacial score (nSPS) is 9.94. The van der Waals surface area contributed by atoms with Gasteiger partial charge in [0.25, 0.3) is 5.91 Å². The topological polar surface area (TPSA) is 67.2 Å². The molecule has 0 radical (unpaired) electrons. The van der Waals surface area contributed by atoms with Crippen molar-refractivity contribution >= 4 is 11.6 Å². The van der Waals surface area contributed by atoms with Crippen molar-refractivity contribution in [1.82, 2.24) is 5.32 Å². The van der Waals surface area contributed by atoms with Gasteiger partial charge in [-0.05, 0) is 37.1 Å². The number of carbonyl (C=O) groups is 1. The van der Waals surface area contributed by atoms with Gasteiger partial charge >= 0.3 is 0 Å². The van der Waals surface area contributed by atoms with Gasteiger partial charge in [-0.1, -0.05) is 13.3 Å². The van der Waals surface area contributed by atoms with Gasteiger partial charge in [0, 0.05) is 12.1 Å². The second-order valence-electron chi connectivity index (χ2n) is 3.78. The van der Waals surface area contributed by atoms with E-state index >= 15 is 0 Å². The minimum absolute atomic E-state index is 0.0277. The van der Waals surface area contributed by atoms with Crippen molar-refractivity contribution in [3.8, 4) is 0 Å². The number of nitrogens with two attached hydrogens (primary N) is 1. The summed E-state index contributed by atoms with van der Waals surface area (Å²) >= 11 is 0. The van der Waals surface area contributed by atoms with Gasteiger partial charge in [-0.15, -0.1) is 0 Å². The van der Waals surface area contributed by atoms with Crippen LogP contribution in [0.3, 0.4) is 0 Å². The Hall–Kier alpha value is -1.55. The first kappa shape index (κ1) is 12.5. The molecule has 0 aliphatic heterocycles. The Labute approximate surface area is 96.2 Å². The number of hydrogen-bond acceptors (Lipinski definition) is 3. The van der Waals surface area contributed by atoms with Crippen molar-refractivity contribution in [1.29, 1.82) is 0 Å². The van der Waals surface area contributed by atoms with Crippen LogP contribution in [0.4, 0.5) is 5.69 Å². The van der Waals surface area contributed by atoms with Crippen molar-refractivity contribution in [3.05, 3.63) is 29.3 Å². The number of amides is 1. The number of hydrazine groups is 1. The fourth-order valence-corrected chi connectivity index (χ4v) is 1.45. The van der Waals surface area contributed by atoms with Crippen molar-refractivity contribution in [2.45, 2.75) is 26.7 Å². The highest BCUT2D eigenvalue weighted by Gasteiger charge is 2.06. The summed E-state index contributed by atoms with van der Waals surface area (Å²) in [5.74, 6) is 5.30. The van der Waals surface area contributed by atoms with E-state index in [1.54, 1.807) is 6.07 Å². The van der Waals surface area contributed by atoms with Crippen LogP contribution in [-0.4, -0.2) is 12.5 Å². The van der Waals surface area contributed by atoms with Crippen molar-refractivity contribution in [3.63, 3.8) is 0 Å². The van der Waals surface area contributed by atoms with Gasteiger partial charge in [0.1, 0.15) is 0 Å². The van der Waals surface area contributed by atoms with Gasteiger partial charge in [-0.2, -0.15) is 0 Å². The number of anilines is 1. The molecule has 88 valence electrons. The van der Waals surface area contributed by atoms with Crippen LogP contribution < -0.4 is 16.6 Å². The maximum absolute atomic E-state index is 11.7. The average Bonchev–Trinajstić information content (AvgIpc) is 2.29. The fraction of sp³-hybridized carbons (Fsp3) is 0.417. The molecule has 4 N–H and O–H groups in total. The van der Waals surface area contributed by atoms with Crippen molar-refractivity contribution in [2.75, 3.05) is 12.0 Å². The lowest BCUT2D eigenvalue weighted by Crippen LogP contribution is -2.24. The molecule has 0 aliphatic carbocycles. The van der Waals surface area contributed by atoms with E-state index in [1.165, 1.54) is 0 Å². The lowest BCUT2D eigenvalue weighted by atomic mass is 10.1. The molecule has 1 rings (SSSR count). The minimum atomic E-state index is -0.0277. The predicted octanol–water partition coefficient (Wildman–Crippen LogP) is 1.81. The number of unbranched alkanes of at least 4 members (excludes halogenated alkanes) is 1. The highest BCUT2D eigenvalue weighted by atomic mass is 16.1. The SMILES string of the molecule is CCCCNC(=O)c1ccc(NN)c(C)c1. The molecule has 0 aromatic heterocycles. The minimum Gasteiger partial charge on any atom is -0.352 e. The first-order valence-electron chi connectivity index (χ1n) is 5.54. The van der Waals surface area contributed by atoms with E-state index in [4.69, 9.17) is 5.84 Å². The predicted molar refractivity (Wildman–Crippen MR) is 66.2 cm³/mol. The molecule has 1 aromatic rings. The van der Waals surface area contributed by atoms with Crippen LogP contribution in [0.5, 0.6) is 0 Å². The first-order valence-corrected chi connectivity index (χ1v) is 5.54. The second kappa shape index (κ2) is 6.12. The standard InChI is InChI=1S/C12H19N3O/c1-3-4-7-14-12(16)10-5-6-11(15-13)9(2)8-10/h5-6,8,15H,3-4,7,13H2,1-2H3,(H,14,16). The van der Waals surface area contributed by atoms with Crippen LogP contribution >= 0.6 is 0 Å². The van der Waals surface area contributed by atoms with E-state index in [-0.39, 0.29) is 5.91 Å². The number of carbonyl (C=O) groups excluding carboxylic acids is 1. The number of rotatable bonds is 5. The monoisotopic (exact) mass is 221 g/mol. The van der Waals surface area contributed by atoms with E-state index in [9.17, 15) is 4.79 Å². The molecule has 0 heterocycles. The zero-order valence-corrected chi connectivity index (χ0v) is 9.84. The van der Waals surface area contributed by atoms with E-state index in [1.807, 2.05) is 19.1 Å². The average molecular weight is 221 g/mol. The molecular formula is C12H19N3O. The van der Waals surface area contributed by atoms with E-state index in [2.05, 4.69) is 17.7 Å². The van der Waals surface area contributed by atoms with Crippen LogP contribution in [0.1, 0.15) is 35.7 Å². The quantitative estimate of drug-likeness (QED) is 0.403. The molecule has 1 amide bonds. The van der Waals surface area contributed by atoms with Gasteiger partial charge < -0.3 is 10.7 Å². The van der Waals surface area contributed by atoms with Gasteiger partial charge in [0.15, 0.2) is 0 Å². The maximum Gasteiger partial charge on any atom is 0.251 e. The Kier molecular flexibility index (Phi) is 4.79. The summed E-state index contributed by atoms with van der Waals surface area (Å²) in [6, 6.07) is 5.41. The molecule has 0 bridgehead atoms. The molecule has 1 aromatic carbocycles. The fourth-order valence-electron chi connectivity index (χ4n) is 1.45. The highest BCUT2D eigenvalue weighted by molar-refractivity contribution is 5.94. The summed E-state index contributed by atoms with van der Waals surface area (Å²) in [5, 5.41) is 2.87. The van der Waals surface area contributed by atoms with E-state index in [0.717, 1.165) is 30.6 Å². The third-order valence-corrected chi connectivity index (χ3v) is 2.46. The van der Waals surface area contributed by atoms with Crippen LogP contribution in [0.2, 0.25) is 0 Å². The number of aryl methyl sites for hydroxylation is 1. The van der Waals surface area contributed by atoms with Crippen LogP contribution in [-0.2, 0) is 0 Å². The number of benzene rings is 1. The van der Waals surface area contributed by atoms with E-state index < -0.39 is 0 Å². The molecule has 0 aliphatic rings. The lowest BCUT2D eigenvalue weighted by molar-refractivity contribution is 0.0953. The van der Waals surface area contributed by atoms with Crippen LogP contribution in [0, 0.1) is 6.92 Å². The Morgan fingerprint density at radius 1 is 1.44 bits per heavy atom. The summed E-state index contributed by atoms with van der Waals surface area (Å²) in [7, 11) is 0. The third kappa shape index (κ3) is 3.24. The molecule has 0 saturated heterocycles. The van der Waals surface area contributed by atoms with Crippen molar-refractivity contribution in [2.24, 2.45) is 5.84 Å². The van der Waals surface area contributed by atoms with Crippen molar-refractivity contribution < 1.29 is 4.79 Å². The molecule has 0 spiro atoms.